The average Bonchev–Trinajstić information content (AvgIpc) is 3.29. The van der Waals surface area contributed by atoms with Crippen molar-refractivity contribution < 1.29 is 18.3 Å². The molecule has 1 aliphatic rings. The SMILES string of the molecule is CC(C)(C)N(CCNS(=O)(=O)c1ccc(-c2ncc(Cl)c(Nc3cc(C4CC4)[nH]n3)n2)s1)C(=O)O. The summed E-state index contributed by atoms with van der Waals surface area (Å²) in [6, 6.07) is 4.99. The molecule has 3 aromatic rings. The molecule has 1 amide bonds. The van der Waals surface area contributed by atoms with Gasteiger partial charge in [0.15, 0.2) is 17.5 Å². The normalized spacial score (nSPS) is 14.2. The van der Waals surface area contributed by atoms with Crippen LogP contribution < -0.4 is 10.0 Å². The van der Waals surface area contributed by atoms with E-state index in [0.717, 1.165) is 29.9 Å². The standard InChI is InChI=1S/C21H26ClN7O4S2/c1-21(2,3)29(20(30)31)9-8-24-35(32,33)17-7-6-15(34-17)19-23-11-13(22)18(26-19)25-16-10-14(27-28-16)12-4-5-12/h6-7,10-12,24H,4-5,8-9H2,1-3H3,(H,30,31)(H2,23,25,26,27,28). The molecule has 11 nitrogen and oxygen atoms in total. The summed E-state index contributed by atoms with van der Waals surface area (Å²) >= 11 is 7.26. The molecule has 4 N–H and O–H groups in total. The summed E-state index contributed by atoms with van der Waals surface area (Å²) in [6.07, 6.45) is 2.62. The van der Waals surface area contributed by atoms with E-state index in [9.17, 15) is 18.3 Å². The van der Waals surface area contributed by atoms with Gasteiger partial charge < -0.3 is 15.3 Å². The first-order valence-corrected chi connectivity index (χ1v) is 13.6. The monoisotopic (exact) mass is 539 g/mol. The quantitative estimate of drug-likeness (QED) is 0.314. The maximum absolute atomic E-state index is 12.7. The van der Waals surface area contributed by atoms with Crippen molar-refractivity contribution in [1.29, 1.82) is 0 Å². The summed E-state index contributed by atoms with van der Waals surface area (Å²) in [6.45, 7) is 5.19. The molecule has 3 aromatic heterocycles. The van der Waals surface area contributed by atoms with Crippen LogP contribution in [-0.2, 0) is 10.0 Å². The molecule has 0 aliphatic heterocycles. The minimum absolute atomic E-state index is 0.0152. The zero-order valence-electron chi connectivity index (χ0n) is 19.4. The number of carbonyl (C=O) groups is 1. The summed E-state index contributed by atoms with van der Waals surface area (Å²) in [5.74, 6) is 1.78. The van der Waals surface area contributed by atoms with Crippen molar-refractivity contribution in [3.05, 3.63) is 35.1 Å². The Bertz CT molecular complexity index is 1330. The Balaban J connectivity index is 1.45. The summed E-state index contributed by atoms with van der Waals surface area (Å²) in [7, 11) is -3.84. The van der Waals surface area contributed by atoms with E-state index in [1.54, 1.807) is 26.8 Å². The van der Waals surface area contributed by atoms with E-state index in [1.807, 2.05) is 6.07 Å². The van der Waals surface area contributed by atoms with Crippen molar-refractivity contribution in [1.82, 2.24) is 29.8 Å². The first-order chi connectivity index (χ1) is 16.4. The second-order valence-corrected chi connectivity index (χ2v) is 12.6. The molecule has 1 aliphatic carbocycles. The number of rotatable bonds is 9. The van der Waals surface area contributed by atoms with Gasteiger partial charge in [0.05, 0.1) is 11.1 Å². The van der Waals surface area contributed by atoms with E-state index in [0.29, 0.717) is 33.3 Å². The lowest BCUT2D eigenvalue weighted by Gasteiger charge is -2.33. The van der Waals surface area contributed by atoms with Gasteiger partial charge in [-0.1, -0.05) is 11.6 Å². The van der Waals surface area contributed by atoms with Gasteiger partial charge in [-0.25, -0.2) is 27.9 Å². The molecule has 0 bridgehead atoms. The number of nitrogens with zero attached hydrogens (tertiary/aromatic N) is 4. The minimum Gasteiger partial charge on any atom is -0.465 e. The Morgan fingerprint density at radius 3 is 2.74 bits per heavy atom. The lowest BCUT2D eigenvalue weighted by molar-refractivity contribution is 0.102. The van der Waals surface area contributed by atoms with E-state index in [-0.39, 0.29) is 17.3 Å². The van der Waals surface area contributed by atoms with Crippen LogP contribution in [0, 0.1) is 0 Å². The van der Waals surface area contributed by atoms with E-state index in [2.05, 4.69) is 30.2 Å². The minimum atomic E-state index is -3.84. The van der Waals surface area contributed by atoms with Crippen LogP contribution in [0.2, 0.25) is 5.02 Å². The Kier molecular flexibility index (Phi) is 7.04. The highest BCUT2D eigenvalue weighted by molar-refractivity contribution is 7.91. The number of aromatic amines is 1. The number of thiophene rings is 1. The molecule has 1 fully saturated rings. The van der Waals surface area contributed by atoms with Crippen molar-refractivity contribution in [3.63, 3.8) is 0 Å². The number of hydrogen-bond acceptors (Lipinski definition) is 8. The third-order valence-electron chi connectivity index (χ3n) is 5.34. The summed E-state index contributed by atoms with van der Waals surface area (Å²) in [5, 5.41) is 20.0. The molecule has 0 atom stereocenters. The second kappa shape index (κ2) is 9.72. The largest absolute Gasteiger partial charge is 0.465 e. The number of nitrogens with one attached hydrogen (secondary N) is 3. The third kappa shape index (κ3) is 6.10. The van der Waals surface area contributed by atoms with Crippen LogP contribution in [0.25, 0.3) is 10.7 Å². The van der Waals surface area contributed by atoms with E-state index in [1.165, 1.54) is 17.2 Å². The number of H-pyrrole nitrogens is 1. The number of amides is 1. The molecule has 4 rings (SSSR count). The average molecular weight is 540 g/mol. The van der Waals surface area contributed by atoms with Gasteiger partial charge in [0.2, 0.25) is 10.0 Å². The molecular weight excluding hydrogens is 514 g/mol. The zero-order chi connectivity index (χ0) is 25.4. The number of sulfonamides is 1. The Labute approximate surface area is 212 Å². The number of aromatic nitrogens is 4. The highest BCUT2D eigenvalue weighted by Crippen LogP contribution is 2.40. The molecular formula is C21H26ClN7O4S2. The van der Waals surface area contributed by atoms with Crippen molar-refractivity contribution in [2.75, 3.05) is 18.4 Å². The van der Waals surface area contributed by atoms with Crippen molar-refractivity contribution >= 4 is 50.7 Å². The summed E-state index contributed by atoms with van der Waals surface area (Å²) in [4.78, 5) is 21.8. The topological polar surface area (TPSA) is 153 Å². The van der Waals surface area contributed by atoms with Gasteiger partial charge in [0.1, 0.15) is 9.23 Å². The van der Waals surface area contributed by atoms with Gasteiger partial charge in [-0.05, 0) is 45.7 Å². The predicted molar refractivity (Wildman–Crippen MR) is 134 cm³/mol. The smallest absolute Gasteiger partial charge is 0.407 e. The molecule has 0 radical (unpaired) electrons. The number of hydrogen-bond donors (Lipinski definition) is 4. The molecule has 0 unspecified atom stereocenters. The van der Waals surface area contributed by atoms with Crippen molar-refractivity contribution in [2.45, 2.75) is 49.3 Å². The predicted octanol–water partition coefficient (Wildman–Crippen LogP) is 4.26. The molecule has 14 heteroatoms. The van der Waals surface area contributed by atoms with E-state index >= 15 is 0 Å². The lowest BCUT2D eigenvalue weighted by atomic mass is 10.1. The van der Waals surface area contributed by atoms with Crippen LogP contribution in [-0.4, -0.2) is 63.3 Å². The summed E-state index contributed by atoms with van der Waals surface area (Å²) < 4.78 is 28.0. The fraction of sp³-hybridized carbons (Fsp3) is 0.429. The molecule has 0 aromatic carbocycles. The van der Waals surface area contributed by atoms with Gasteiger partial charge in [-0.15, -0.1) is 11.3 Å². The zero-order valence-corrected chi connectivity index (χ0v) is 21.8. The lowest BCUT2D eigenvalue weighted by Crippen LogP contribution is -2.48. The van der Waals surface area contributed by atoms with Crippen LogP contribution in [0.1, 0.15) is 45.2 Å². The van der Waals surface area contributed by atoms with E-state index < -0.39 is 21.7 Å². The number of carboxylic acid groups (broad SMARTS) is 1. The summed E-state index contributed by atoms with van der Waals surface area (Å²) in [5.41, 5.74) is 0.410. The molecule has 188 valence electrons. The number of anilines is 2. The maximum atomic E-state index is 12.7. The van der Waals surface area contributed by atoms with E-state index in [4.69, 9.17) is 11.6 Å². The van der Waals surface area contributed by atoms with Crippen LogP contribution in [0.3, 0.4) is 0 Å². The fourth-order valence-corrected chi connectivity index (χ4v) is 5.82. The Morgan fingerprint density at radius 1 is 1.34 bits per heavy atom. The first kappa shape index (κ1) is 25.4. The van der Waals surface area contributed by atoms with Crippen LogP contribution in [0.5, 0.6) is 0 Å². The highest BCUT2D eigenvalue weighted by atomic mass is 35.5. The Morgan fingerprint density at radius 2 is 2.09 bits per heavy atom. The fourth-order valence-electron chi connectivity index (χ4n) is 3.36. The van der Waals surface area contributed by atoms with Gasteiger partial charge in [0, 0.05) is 36.3 Å². The third-order valence-corrected chi connectivity index (χ3v) is 8.65. The van der Waals surface area contributed by atoms with Crippen molar-refractivity contribution in [2.24, 2.45) is 0 Å². The molecule has 1 saturated carbocycles. The van der Waals surface area contributed by atoms with Crippen molar-refractivity contribution in [3.8, 4) is 10.7 Å². The van der Waals surface area contributed by atoms with Crippen LogP contribution >= 0.6 is 22.9 Å². The highest BCUT2D eigenvalue weighted by Gasteiger charge is 2.27. The van der Waals surface area contributed by atoms with Crippen LogP contribution in [0.4, 0.5) is 16.4 Å². The van der Waals surface area contributed by atoms with Crippen LogP contribution in [0.15, 0.2) is 28.6 Å². The van der Waals surface area contributed by atoms with Gasteiger partial charge in [-0.3, -0.25) is 5.10 Å². The molecule has 35 heavy (non-hydrogen) atoms. The van der Waals surface area contributed by atoms with Gasteiger partial charge in [-0.2, -0.15) is 5.10 Å². The molecule has 0 spiro atoms. The maximum Gasteiger partial charge on any atom is 0.407 e. The van der Waals surface area contributed by atoms with Gasteiger partial charge in [0.25, 0.3) is 0 Å². The van der Waals surface area contributed by atoms with Gasteiger partial charge >= 0.3 is 6.09 Å². The Hall–Kier alpha value is -2.74. The first-order valence-electron chi connectivity index (χ1n) is 10.9. The molecule has 0 saturated heterocycles. The second-order valence-electron chi connectivity index (χ2n) is 9.12. The molecule has 3 heterocycles. The number of halogens is 1.